The van der Waals surface area contributed by atoms with Gasteiger partial charge in [-0.1, -0.05) is 18.2 Å². The van der Waals surface area contributed by atoms with Crippen LogP contribution in [0, 0.1) is 5.41 Å². The molecule has 8 N–H and O–H groups in total. The van der Waals surface area contributed by atoms with Gasteiger partial charge < -0.3 is 21.8 Å². The van der Waals surface area contributed by atoms with Gasteiger partial charge in [0.1, 0.15) is 5.69 Å². The molecule has 0 saturated carbocycles. The Morgan fingerprint density at radius 1 is 1.15 bits per heavy atom. The summed E-state index contributed by atoms with van der Waals surface area (Å²) in [5.41, 5.74) is 17.4. The minimum absolute atomic E-state index is 0.228. The Labute approximate surface area is 149 Å². The van der Waals surface area contributed by atoms with E-state index in [0.29, 0.717) is 22.8 Å². The molecule has 0 fully saturated rings. The predicted molar refractivity (Wildman–Crippen MR) is 104 cm³/mol. The molecule has 3 rings (SSSR count). The summed E-state index contributed by atoms with van der Waals surface area (Å²) in [6.07, 6.45) is 0. The number of carbonyl (C=O) groups is 1. The lowest BCUT2D eigenvalue weighted by molar-refractivity contribution is 0.102. The highest BCUT2D eigenvalue weighted by atomic mass is 16.1. The Morgan fingerprint density at radius 3 is 2.58 bits per heavy atom. The Kier molecular flexibility index (Phi) is 4.57. The molecule has 1 heterocycles. The zero-order valence-corrected chi connectivity index (χ0v) is 14.1. The number of hydrogen-bond acceptors (Lipinski definition) is 4. The van der Waals surface area contributed by atoms with Crippen LogP contribution >= 0.6 is 0 Å². The second-order valence-corrected chi connectivity index (χ2v) is 5.78. The van der Waals surface area contributed by atoms with Gasteiger partial charge in [-0.2, -0.15) is 5.10 Å². The summed E-state index contributed by atoms with van der Waals surface area (Å²) < 4.78 is 0. The van der Waals surface area contributed by atoms with Gasteiger partial charge in [0.25, 0.3) is 5.91 Å². The van der Waals surface area contributed by atoms with Crippen LogP contribution in [0.4, 0.5) is 11.4 Å². The first-order valence-electron chi connectivity index (χ1n) is 7.87. The number of benzene rings is 2. The second-order valence-electron chi connectivity index (χ2n) is 5.78. The molecule has 132 valence electrons. The number of carbonyl (C=O) groups excluding carboxylic acids is 1. The number of nitrogens with zero attached hydrogens (tertiary/aromatic N) is 1. The molecule has 1 amide bonds. The number of nitrogen functional groups attached to an aromatic ring is 1. The molecule has 2 aromatic carbocycles. The van der Waals surface area contributed by atoms with E-state index in [9.17, 15) is 4.79 Å². The number of H-pyrrole nitrogens is 1. The fourth-order valence-corrected chi connectivity index (χ4v) is 2.47. The highest BCUT2D eigenvalue weighted by Gasteiger charge is 2.10. The third-order valence-electron chi connectivity index (χ3n) is 3.80. The summed E-state index contributed by atoms with van der Waals surface area (Å²) in [5, 5.41) is 14.8. The Morgan fingerprint density at radius 2 is 1.88 bits per heavy atom. The first-order chi connectivity index (χ1) is 12.4. The van der Waals surface area contributed by atoms with Crippen LogP contribution in [0.3, 0.4) is 0 Å². The van der Waals surface area contributed by atoms with Crippen LogP contribution in [0.5, 0.6) is 0 Å². The van der Waals surface area contributed by atoms with Gasteiger partial charge in [0.2, 0.25) is 5.96 Å². The van der Waals surface area contributed by atoms with Gasteiger partial charge in [-0.3, -0.25) is 10.2 Å². The van der Waals surface area contributed by atoms with Crippen molar-refractivity contribution >= 4 is 39.9 Å². The summed E-state index contributed by atoms with van der Waals surface area (Å²) in [5.74, 6) is -0.468. The lowest BCUT2D eigenvalue weighted by atomic mass is 10.1. The van der Waals surface area contributed by atoms with E-state index in [1.165, 1.54) is 0 Å². The van der Waals surface area contributed by atoms with Crippen molar-refractivity contribution in [3.8, 4) is 0 Å². The topological polar surface area (TPSA) is 145 Å². The van der Waals surface area contributed by atoms with E-state index in [-0.39, 0.29) is 11.9 Å². The first-order valence-corrected chi connectivity index (χ1v) is 7.87. The largest absolute Gasteiger partial charge is 0.399 e. The molecule has 0 aliphatic rings. The molecule has 8 nitrogen and oxygen atoms in total. The fourth-order valence-electron chi connectivity index (χ4n) is 2.47. The summed E-state index contributed by atoms with van der Waals surface area (Å²) in [6, 6.07) is 14.4. The Balaban J connectivity index is 1.72. The van der Waals surface area contributed by atoms with Crippen LogP contribution in [0.15, 0.2) is 53.6 Å². The summed E-state index contributed by atoms with van der Waals surface area (Å²) in [6.45, 7) is 1.79. The molecule has 0 bridgehead atoms. The van der Waals surface area contributed by atoms with Crippen LogP contribution in [-0.4, -0.2) is 22.6 Å². The summed E-state index contributed by atoms with van der Waals surface area (Å²) in [7, 11) is 0. The van der Waals surface area contributed by atoms with Crippen molar-refractivity contribution in [2.75, 3.05) is 11.1 Å². The van der Waals surface area contributed by atoms with Crippen LogP contribution in [0.2, 0.25) is 0 Å². The summed E-state index contributed by atoms with van der Waals surface area (Å²) in [4.78, 5) is 15.5. The molecular formula is C18H19N7O. The number of hydrazone groups is 1. The third-order valence-corrected chi connectivity index (χ3v) is 3.80. The van der Waals surface area contributed by atoms with E-state index in [0.717, 1.165) is 16.5 Å². The molecule has 0 aliphatic heterocycles. The van der Waals surface area contributed by atoms with E-state index in [2.05, 4.69) is 20.8 Å². The number of nitrogens with one attached hydrogen (secondary N) is 4. The molecule has 0 unspecified atom stereocenters. The van der Waals surface area contributed by atoms with Gasteiger partial charge >= 0.3 is 0 Å². The molecular weight excluding hydrogens is 330 g/mol. The van der Waals surface area contributed by atoms with Crippen LogP contribution in [0.1, 0.15) is 23.0 Å². The Hall–Kier alpha value is -3.81. The van der Waals surface area contributed by atoms with E-state index in [4.69, 9.17) is 16.9 Å². The highest BCUT2D eigenvalue weighted by molar-refractivity contribution is 6.06. The van der Waals surface area contributed by atoms with E-state index in [1.807, 2.05) is 18.2 Å². The van der Waals surface area contributed by atoms with Crippen molar-refractivity contribution in [1.29, 1.82) is 5.41 Å². The lowest BCUT2D eigenvalue weighted by Gasteiger charge is -2.06. The van der Waals surface area contributed by atoms with Crippen LogP contribution in [0.25, 0.3) is 10.9 Å². The predicted octanol–water partition coefficient (Wildman–Crippen LogP) is 2.21. The van der Waals surface area contributed by atoms with Crippen LogP contribution in [-0.2, 0) is 0 Å². The Bertz CT molecular complexity index is 1000. The lowest BCUT2D eigenvalue weighted by Crippen LogP contribution is -2.26. The monoisotopic (exact) mass is 349 g/mol. The third kappa shape index (κ3) is 3.81. The summed E-state index contributed by atoms with van der Waals surface area (Å²) >= 11 is 0. The van der Waals surface area contributed by atoms with Gasteiger partial charge in [0.05, 0.1) is 5.71 Å². The number of fused-ring (bicyclic) bond motifs is 1. The molecule has 1 aromatic heterocycles. The smallest absolute Gasteiger partial charge is 0.272 e. The van der Waals surface area contributed by atoms with Crippen molar-refractivity contribution in [3.63, 3.8) is 0 Å². The van der Waals surface area contributed by atoms with Crippen molar-refractivity contribution in [2.24, 2.45) is 10.8 Å². The maximum atomic E-state index is 12.4. The minimum Gasteiger partial charge on any atom is -0.399 e. The van der Waals surface area contributed by atoms with Gasteiger partial charge in [0.15, 0.2) is 0 Å². The highest BCUT2D eigenvalue weighted by Crippen LogP contribution is 2.19. The van der Waals surface area contributed by atoms with Crippen molar-refractivity contribution in [2.45, 2.75) is 6.92 Å². The molecule has 0 spiro atoms. The average Bonchev–Trinajstić information content (AvgIpc) is 3.03. The molecule has 8 heteroatoms. The molecule has 3 aromatic rings. The van der Waals surface area contributed by atoms with Gasteiger partial charge in [-0.15, -0.1) is 0 Å². The minimum atomic E-state index is -0.240. The standard InChI is InChI=1S/C18H19N7O/c1-10(24-25-18(20)21)11-3-6-14(7-4-11)22-17(26)16-8-12-2-5-13(19)9-15(12)23-16/h2-9,23H,19H2,1H3,(H,22,26)(H4,20,21,25)/b24-10+. The van der Waals surface area contributed by atoms with Crippen molar-refractivity contribution in [3.05, 3.63) is 59.8 Å². The fraction of sp³-hybridized carbons (Fsp3) is 0.0556. The quantitative estimate of drug-likeness (QED) is 0.185. The maximum Gasteiger partial charge on any atom is 0.272 e. The molecule has 0 atom stereocenters. The number of amides is 1. The second kappa shape index (κ2) is 6.98. The zero-order chi connectivity index (χ0) is 18.7. The van der Waals surface area contributed by atoms with E-state index >= 15 is 0 Å². The van der Waals surface area contributed by atoms with Crippen LogP contribution < -0.4 is 22.2 Å². The van der Waals surface area contributed by atoms with Gasteiger partial charge in [-0.25, -0.2) is 5.43 Å². The zero-order valence-electron chi connectivity index (χ0n) is 14.1. The number of guanidine groups is 1. The molecule has 0 aliphatic carbocycles. The van der Waals surface area contributed by atoms with Gasteiger partial charge in [0, 0.05) is 22.3 Å². The number of nitrogens with two attached hydrogens (primary N) is 2. The number of anilines is 2. The molecule has 0 saturated heterocycles. The van der Waals surface area contributed by atoms with E-state index in [1.54, 1.807) is 37.3 Å². The maximum absolute atomic E-state index is 12.4. The normalized spacial score (nSPS) is 11.3. The number of aromatic amines is 1. The number of rotatable bonds is 4. The molecule has 26 heavy (non-hydrogen) atoms. The SMILES string of the molecule is C/C(=N\NC(=N)N)c1ccc(NC(=O)c2cc3ccc(N)cc3[nH]2)cc1. The number of aromatic nitrogens is 1. The van der Waals surface area contributed by atoms with Gasteiger partial charge in [-0.05, 0) is 42.8 Å². The van der Waals surface area contributed by atoms with Crippen molar-refractivity contribution in [1.82, 2.24) is 10.4 Å². The van der Waals surface area contributed by atoms with E-state index < -0.39 is 0 Å². The average molecular weight is 349 g/mol. The van der Waals surface area contributed by atoms with Crippen molar-refractivity contribution < 1.29 is 4.79 Å². The number of hydrogen-bond donors (Lipinski definition) is 6. The molecule has 0 radical (unpaired) electrons. The first kappa shape index (κ1) is 17.0.